The van der Waals surface area contributed by atoms with Gasteiger partial charge in [0.05, 0.1) is 0 Å². The number of hydrogen-bond acceptors (Lipinski definition) is 7. The average Bonchev–Trinajstić information content (AvgIpc) is 2.52. The van der Waals surface area contributed by atoms with Gasteiger partial charge in [-0.25, -0.2) is 0 Å². The molecule has 1 aliphatic rings. The fourth-order valence-corrected chi connectivity index (χ4v) is 1.82. The molecule has 0 aromatic heterocycles. The van der Waals surface area contributed by atoms with E-state index in [0.717, 1.165) is 13.8 Å². The summed E-state index contributed by atoms with van der Waals surface area (Å²) in [5.41, 5.74) is -2.36. The van der Waals surface area contributed by atoms with Crippen molar-refractivity contribution >= 4 is 11.6 Å². The molecule has 0 saturated carbocycles. The monoisotopic (exact) mass is 248 g/mol. The summed E-state index contributed by atoms with van der Waals surface area (Å²) in [5, 5.41) is 29.4. The van der Waals surface area contributed by atoms with Crippen molar-refractivity contribution in [2.24, 2.45) is 0 Å². The minimum Gasteiger partial charge on any atom is -0.384 e. The molecule has 1 unspecified atom stereocenters. The Balaban J connectivity index is 3.11. The highest BCUT2D eigenvalue weighted by Gasteiger charge is 2.61. The SMILES string of the molecule is CO[C@@H]1O[C@H](C(O)C(C)=O)[C@](O)(C(C)=O)[C@H]1O. The van der Waals surface area contributed by atoms with Crippen LogP contribution in [0.25, 0.3) is 0 Å². The first-order chi connectivity index (χ1) is 7.76. The van der Waals surface area contributed by atoms with Gasteiger partial charge in [0.1, 0.15) is 18.3 Å². The van der Waals surface area contributed by atoms with E-state index in [1.54, 1.807) is 0 Å². The number of hydrogen-bond donors (Lipinski definition) is 3. The van der Waals surface area contributed by atoms with Crippen LogP contribution in [-0.4, -0.2) is 64.2 Å². The predicted molar refractivity (Wildman–Crippen MR) is 54.0 cm³/mol. The lowest BCUT2D eigenvalue weighted by atomic mass is 9.85. The first-order valence-corrected chi connectivity index (χ1v) is 5.05. The van der Waals surface area contributed by atoms with Crippen LogP contribution in [0.5, 0.6) is 0 Å². The number of methoxy groups -OCH3 is 1. The Morgan fingerprint density at radius 2 is 1.94 bits per heavy atom. The highest BCUT2D eigenvalue weighted by Crippen LogP contribution is 2.34. The maximum atomic E-state index is 11.4. The van der Waals surface area contributed by atoms with Gasteiger partial charge in [0.25, 0.3) is 0 Å². The fraction of sp³-hybridized carbons (Fsp3) is 0.800. The summed E-state index contributed by atoms with van der Waals surface area (Å²) in [7, 11) is 1.21. The van der Waals surface area contributed by atoms with Gasteiger partial charge < -0.3 is 24.8 Å². The zero-order chi connectivity index (χ0) is 13.4. The molecule has 0 amide bonds. The molecule has 1 fully saturated rings. The Bertz CT molecular complexity index is 329. The summed E-state index contributed by atoms with van der Waals surface area (Å²) in [6.45, 7) is 2.12. The molecule has 7 nitrogen and oxygen atoms in total. The van der Waals surface area contributed by atoms with Crippen molar-refractivity contribution in [1.82, 2.24) is 0 Å². The standard InChI is InChI=1S/C10H16O7/c1-4(11)6(13)8-10(15,5(2)12)7(14)9(16-3)17-8/h6-9,13-15H,1-3H3/t6?,7-,8+,9+,10-/m0/s1. The molecule has 0 aromatic rings. The lowest BCUT2D eigenvalue weighted by molar-refractivity contribution is -0.170. The molecule has 1 saturated heterocycles. The second-order valence-electron chi connectivity index (χ2n) is 4.04. The van der Waals surface area contributed by atoms with Gasteiger partial charge in [-0.15, -0.1) is 0 Å². The van der Waals surface area contributed by atoms with E-state index in [0.29, 0.717) is 0 Å². The van der Waals surface area contributed by atoms with Crippen molar-refractivity contribution in [1.29, 1.82) is 0 Å². The van der Waals surface area contributed by atoms with Gasteiger partial charge in [-0.3, -0.25) is 9.59 Å². The molecule has 98 valence electrons. The lowest BCUT2D eigenvalue weighted by Gasteiger charge is -2.29. The van der Waals surface area contributed by atoms with E-state index in [2.05, 4.69) is 0 Å². The molecule has 0 radical (unpaired) electrons. The second-order valence-corrected chi connectivity index (χ2v) is 4.04. The molecule has 0 bridgehead atoms. The Kier molecular flexibility index (Phi) is 4.00. The molecule has 1 aliphatic heterocycles. The van der Waals surface area contributed by atoms with Gasteiger partial charge in [-0.1, -0.05) is 0 Å². The van der Waals surface area contributed by atoms with Crippen LogP contribution >= 0.6 is 0 Å². The summed E-state index contributed by atoms with van der Waals surface area (Å²) >= 11 is 0. The Labute approximate surface area is 98.0 Å². The van der Waals surface area contributed by atoms with Crippen LogP contribution in [-0.2, 0) is 19.1 Å². The molecule has 5 atom stereocenters. The number of Topliss-reactive ketones (excluding diaryl/α,β-unsaturated/α-hetero) is 2. The third-order valence-electron chi connectivity index (χ3n) is 2.92. The highest BCUT2D eigenvalue weighted by molar-refractivity contribution is 5.89. The van der Waals surface area contributed by atoms with Crippen molar-refractivity contribution in [2.75, 3.05) is 7.11 Å². The van der Waals surface area contributed by atoms with Gasteiger partial charge in [0, 0.05) is 7.11 Å². The van der Waals surface area contributed by atoms with Crippen molar-refractivity contribution in [3.05, 3.63) is 0 Å². The second kappa shape index (κ2) is 4.79. The average molecular weight is 248 g/mol. The zero-order valence-corrected chi connectivity index (χ0v) is 9.78. The quantitative estimate of drug-likeness (QED) is 0.526. The Hall–Kier alpha value is -0.860. The molecule has 1 heterocycles. The number of carbonyl (C=O) groups excluding carboxylic acids is 2. The van der Waals surface area contributed by atoms with E-state index in [1.807, 2.05) is 0 Å². The predicted octanol–water partition coefficient (Wildman–Crippen LogP) is -2.01. The Morgan fingerprint density at radius 3 is 2.29 bits per heavy atom. The van der Waals surface area contributed by atoms with E-state index in [9.17, 15) is 24.9 Å². The van der Waals surface area contributed by atoms with Gasteiger partial charge in [-0.2, -0.15) is 0 Å². The number of aliphatic hydroxyl groups excluding tert-OH is 2. The van der Waals surface area contributed by atoms with Crippen molar-refractivity contribution in [3.8, 4) is 0 Å². The van der Waals surface area contributed by atoms with E-state index in [4.69, 9.17) is 9.47 Å². The zero-order valence-electron chi connectivity index (χ0n) is 9.78. The molecular formula is C10H16O7. The van der Waals surface area contributed by atoms with E-state index in [-0.39, 0.29) is 0 Å². The number of carbonyl (C=O) groups is 2. The lowest BCUT2D eigenvalue weighted by Crippen LogP contribution is -2.58. The first-order valence-electron chi connectivity index (χ1n) is 5.05. The van der Waals surface area contributed by atoms with Gasteiger partial charge in [0.2, 0.25) is 0 Å². The van der Waals surface area contributed by atoms with Crippen molar-refractivity contribution in [2.45, 2.75) is 44.1 Å². The molecule has 3 N–H and O–H groups in total. The first kappa shape index (κ1) is 14.2. The molecule has 0 aromatic carbocycles. The van der Waals surface area contributed by atoms with Crippen LogP contribution in [0, 0.1) is 0 Å². The van der Waals surface area contributed by atoms with Crippen LogP contribution < -0.4 is 0 Å². The van der Waals surface area contributed by atoms with E-state index >= 15 is 0 Å². The number of rotatable bonds is 4. The molecule has 0 aliphatic carbocycles. The summed E-state index contributed by atoms with van der Waals surface area (Å²) in [4.78, 5) is 22.5. The van der Waals surface area contributed by atoms with E-state index < -0.39 is 41.8 Å². The van der Waals surface area contributed by atoms with Crippen LogP contribution in [0.3, 0.4) is 0 Å². The van der Waals surface area contributed by atoms with Crippen LogP contribution in [0.1, 0.15) is 13.8 Å². The largest absolute Gasteiger partial charge is 0.384 e. The van der Waals surface area contributed by atoms with Crippen LogP contribution in [0.4, 0.5) is 0 Å². The molecule has 7 heteroatoms. The van der Waals surface area contributed by atoms with Crippen LogP contribution in [0.15, 0.2) is 0 Å². The fourth-order valence-electron chi connectivity index (χ4n) is 1.82. The minimum atomic E-state index is -2.36. The highest BCUT2D eigenvalue weighted by atomic mass is 16.7. The summed E-state index contributed by atoms with van der Waals surface area (Å²) in [5.74, 6) is -1.49. The summed E-state index contributed by atoms with van der Waals surface area (Å²) < 4.78 is 9.73. The van der Waals surface area contributed by atoms with Gasteiger partial charge >= 0.3 is 0 Å². The molecule has 0 spiro atoms. The number of aliphatic hydroxyl groups is 3. The van der Waals surface area contributed by atoms with E-state index in [1.165, 1.54) is 7.11 Å². The topological polar surface area (TPSA) is 113 Å². The summed E-state index contributed by atoms with van der Waals surface area (Å²) in [6.07, 6.45) is -6.19. The van der Waals surface area contributed by atoms with Crippen LogP contribution in [0.2, 0.25) is 0 Å². The normalized spacial score (nSPS) is 39.1. The van der Waals surface area contributed by atoms with Crippen molar-refractivity contribution < 1.29 is 34.4 Å². The molecular weight excluding hydrogens is 232 g/mol. The smallest absolute Gasteiger partial charge is 0.187 e. The number of ether oxygens (including phenoxy) is 2. The van der Waals surface area contributed by atoms with Gasteiger partial charge in [-0.05, 0) is 13.8 Å². The number of ketones is 2. The van der Waals surface area contributed by atoms with Crippen molar-refractivity contribution in [3.63, 3.8) is 0 Å². The van der Waals surface area contributed by atoms with Gasteiger partial charge in [0.15, 0.2) is 23.5 Å². The maximum absolute atomic E-state index is 11.4. The maximum Gasteiger partial charge on any atom is 0.187 e. The third kappa shape index (κ3) is 2.12. The Morgan fingerprint density at radius 1 is 1.41 bits per heavy atom. The summed E-state index contributed by atoms with van der Waals surface area (Å²) in [6, 6.07) is 0. The molecule has 1 rings (SSSR count). The molecule has 17 heavy (non-hydrogen) atoms. The third-order valence-corrected chi connectivity index (χ3v) is 2.92. The minimum absolute atomic E-state index is 0.682.